The lowest BCUT2D eigenvalue weighted by Gasteiger charge is -2.03. The Bertz CT molecular complexity index is 612. The van der Waals surface area contributed by atoms with E-state index in [1.165, 1.54) is 12.1 Å². The molecule has 0 aromatic carbocycles. The second-order valence-electron chi connectivity index (χ2n) is 4.56. The fraction of sp³-hybridized carbons (Fsp3) is 0.333. The number of hydrogen-bond donors (Lipinski definition) is 2. The Labute approximate surface area is 111 Å². The van der Waals surface area contributed by atoms with E-state index < -0.39 is 17.8 Å². The van der Waals surface area contributed by atoms with Crippen LogP contribution in [0, 0.1) is 0 Å². The number of rotatable bonds is 2. The van der Waals surface area contributed by atoms with Gasteiger partial charge in [-0.05, 0) is 31.1 Å². The van der Waals surface area contributed by atoms with E-state index in [0.717, 1.165) is 18.9 Å². The van der Waals surface area contributed by atoms with Crippen LogP contribution in [0.5, 0.6) is 0 Å². The van der Waals surface area contributed by atoms with Gasteiger partial charge in [-0.2, -0.15) is 13.2 Å². The first-order valence-electron chi connectivity index (χ1n) is 5.96. The van der Waals surface area contributed by atoms with Crippen molar-refractivity contribution in [3.63, 3.8) is 0 Å². The van der Waals surface area contributed by atoms with Crippen LogP contribution in [0.25, 0.3) is 6.08 Å². The Kier molecular flexibility index (Phi) is 2.81. The summed E-state index contributed by atoms with van der Waals surface area (Å²) in [5.74, 6) is -0.371. The number of halogens is 3. The number of alkyl halides is 3. The monoisotopic (exact) mass is 285 g/mol. The summed E-state index contributed by atoms with van der Waals surface area (Å²) >= 11 is 0. The number of aromatic amines is 1. The van der Waals surface area contributed by atoms with Gasteiger partial charge in [-0.25, -0.2) is 5.43 Å². The molecular weight excluding hydrogens is 275 g/mol. The van der Waals surface area contributed by atoms with Crippen molar-refractivity contribution in [2.45, 2.75) is 25.1 Å². The van der Waals surface area contributed by atoms with E-state index in [-0.39, 0.29) is 23.3 Å². The van der Waals surface area contributed by atoms with Gasteiger partial charge in [-0.1, -0.05) is 0 Å². The molecule has 1 aromatic rings. The van der Waals surface area contributed by atoms with Crippen LogP contribution >= 0.6 is 0 Å². The third-order valence-electron chi connectivity index (χ3n) is 2.85. The maximum absolute atomic E-state index is 12.5. The molecule has 0 atom stereocenters. The summed E-state index contributed by atoms with van der Waals surface area (Å²) in [7, 11) is 0. The average molecular weight is 285 g/mol. The van der Waals surface area contributed by atoms with Gasteiger partial charge in [0.15, 0.2) is 0 Å². The average Bonchev–Trinajstić information content (AvgIpc) is 2.93. The van der Waals surface area contributed by atoms with Crippen LogP contribution in [0.4, 0.5) is 13.2 Å². The number of H-pyrrole nitrogens is 1. The Morgan fingerprint density at radius 2 is 2.10 bits per heavy atom. The molecule has 1 saturated carbocycles. The number of hydrogen-bond acceptors (Lipinski definition) is 3. The summed E-state index contributed by atoms with van der Waals surface area (Å²) in [4.78, 5) is 13.8. The summed E-state index contributed by atoms with van der Waals surface area (Å²) in [6, 6.07) is 2.16. The fourth-order valence-electron chi connectivity index (χ4n) is 1.70. The van der Waals surface area contributed by atoms with Gasteiger partial charge in [-0.15, -0.1) is 5.10 Å². The van der Waals surface area contributed by atoms with Crippen LogP contribution in [-0.2, 0) is 15.7 Å². The summed E-state index contributed by atoms with van der Waals surface area (Å²) in [5, 5.41) is 3.72. The molecule has 106 valence electrons. The van der Waals surface area contributed by atoms with E-state index in [1.54, 1.807) is 0 Å². The first kappa shape index (κ1) is 12.8. The van der Waals surface area contributed by atoms with Crippen LogP contribution in [-0.4, -0.2) is 22.9 Å². The number of aromatic nitrogens is 1. The van der Waals surface area contributed by atoms with Crippen molar-refractivity contribution in [1.82, 2.24) is 10.4 Å². The van der Waals surface area contributed by atoms with Crippen molar-refractivity contribution < 1.29 is 22.7 Å². The predicted molar refractivity (Wildman–Crippen MR) is 63.5 cm³/mol. The minimum absolute atomic E-state index is 0.0410. The molecule has 2 aliphatic rings. The predicted octanol–water partition coefficient (Wildman–Crippen LogP) is 2.04. The highest BCUT2D eigenvalue weighted by molar-refractivity contribution is 6.24. The number of nitrogens with zero attached hydrogens (tertiary/aromatic N) is 1. The number of ether oxygens (including phenoxy) is 1. The van der Waals surface area contributed by atoms with Gasteiger partial charge in [0.25, 0.3) is 5.91 Å². The van der Waals surface area contributed by atoms with Crippen LogP contribution in [0.3, 0.4) is 0 Å². The minimum Gasteiger partial charge on any atom is -0.473 e. The molecule has 1 aromatic heterocycles. The number of carbonyl (C=O) groups excluding carboxylic acids is 1. The van der Waals surface area contributed by atoms with Crippen molar-refractivity contribution >= 4 is 17.9 Å². The molecule has 2 N–H and O–H groups in total. The molecular formula is C12H10F3N3O2. The molecule has 1 aliphatic heterocycles. The third kappa shape index (κ3) is 2.54. The Morgan fingerprint density at radius 1 is 1.35 bits per heavy atom. The Balaban J connectivity index is 1.84. The molecule has 0 bridgehead atoms. The van der Waals surface area contributed by atoms with Crippen molar-refractivity contribution in [2.24, 2.45) is 5.10 Å². The first-order valence-corrected chi connectivity index (χ1v) is 5.96. The summed E-state index contributed by atoms with van der Waals surface area (Å²) < 4.78 is 42.8. The van der Waals surface area contributed by atoms with Crippen LogP contribution < -0.4 is 5.43 Å². The van der Waals surface area contributed by atoms with Gasteiger partial charge in [0.05, 0.1) is 0 Å². The smallest absolute Gasteiger partial charge is 0.431 e. The van der Waals surface area contributed by atoms with E-state index >= 15 is 0 Å². The van der Waals surface area contributed by atoms with Gasteiger partial charge in [0.1, 0.15) is 17.4 Å². The van der Waals surface area contributed by atoms with E-state index in [2.05, 4.69) is 15.5 Å². The van der Waals surface area contributed by atoms with E-state index in [9.17, 15) is 18.0 Å². The molecule has 5 nitrogen and oxygen atoms in total. The van der Waals surface area contributed by atoms with Crippen LogP contribution in [0.15, 0.2) is 22.8 Å². The third-order valence-corrected chi connectivity index (χ3v) is 2.85. The molecule has 0 saturated heterocycles. The van der Waals surface area contributed by atoms with Crippen LogP contribution in [0.1, 0.15) is 24.2 Å². The standard InChI is InChI=1S/C12H10F3N3O2/c13-12(14,15)9-4-1-6(16-9)5-8-10(19)17-18-11(8)20-7-2-3-7/h1,4-5,7,16H,2-3H2,(H,17,19). The zero-order valence-electron chi connectivity index (χ0n) is 10.1. The fourth-order valence-corrected chi connectivity index (χ4v) is 1.70. The minimum atomic E-state index is -4.45. The van der Waals surface area contributed by atoms with Gasteiger partial charge >= 0.3 is 6.18 Å². The van der Waals surface area contributed by atoms with Crippen molar-refractivity contribution in [3.8, 4) is 0 Å². The molecule has 0 unspecified atom stereocenters. The molecule has 20 heavy (non-hydrogen) atoms. The lowest BCUT2D eigenvalue weighted by Crippen LogP contribution is -2.14. The maximum Gasteiger partial charge on any atom is 0.431 e. The Morgan fingerprint density at radius 3 is 2.70 bits per heavy atom. The van der Waals surface area contributed by atoms with Gasteiger partial charge in [0, 0.05) is 5.69 Å². The second-order valence-corrected chi connectivity index (χ2v) is 4.56. The zero-order chi connectivity index (χ0) is 14.3. The molecule has 1 aliphatic carbocycles. The van der Waals surface area contributed by atoms with E-state index in [1.807, 2.05) is 0 Å². The molecule has 8 heteroatoms. The summed E-state index contributed by atoms with van der Waals surface area (Å²) in [5.41, 5.74) is 1.64. The first-order chi connectivity index (χ1) is 9.43. The number of carbonyl (C=O) groups is 1. The number of amides is 1. The topological polar surface area (TPSA) is 66.5 Å². The van der Waals surface area contributed by atoms with Crippen molar-refractivity contribution in [2.75, 3.05) is 0 Å². The number of hydrazone groups is 1. The normalized spacial score (nSPS) is 21.1. The molecule has 1 amide bonds. The highest BCUT2D eigenvalue weighted by Crippen LogP contribution is 2.29. The number of nitrogens with one attached hydrogen (secondary N) is 2. The zero-order valence-corrected chi connectivity index (χ0v) is 10.1. The van der Waals surface area contributed by atoms with Crippen molar-refractivity contribution in [1.29, 1.82) is 0 Å². The van der Waals surface area contributed by atoms with Crippen LogP contribution in [0.2, 0.25) is 0 Å². The quantitative estimate of drug-likeness (QED) is 0.817. The molecule has 2 heterocycles. The molecule has 0 radical (unpaired) electrons. The SMILES string of the molecule is O=C1NN=C(OC2CC2)C1=Cc1ccc(C(F)(F)F)[nH]1. The second kappa shape index (κ2) is 4.39. The van der Waals surface area contributed by atoms with Gasteiger partial charge in [-0.3, -0.25) is 4.79 Å². The lowest BCUT2D eigenvalue weighted by atomic mass is 10.2. The van der Waals surface area contributed by atoms with E-state index in [4.69, 9.17) is 4.74 Å². The molecule has 0 spiro atoms. The van der Waals surface area contributed by atoms with Crippen molar-refractivity contribution in [3.05, 3.63) is 29.1 Å². The van der Waals surface area contributed by atoms with E-state index in [0.29, 0.717) is 0 Å². The summed E-state index contributed by atoms with van der Waals surface area (Å²) in [6.07, 6.45) is -1.34. The Hall–Kier alpha value is -2.25. The lowest BCUT2D eigenvalue weighted by molar-refractivity contribution is -0.140. The van der Waals surface area contributed by atoms with Gasteiger partial charge in [0.2, 0.25) is 5.90 Å². The molecule has 3 rings (SSSR count). The largest absolute Gasteiger partial charge is 0.473 e. The summed E-state index contributed by atoms with van der Waals surface area (Å²) in [6.45, 7) is 0. The molecule has 1 fully saturated rings. The highest BCUT2D eigenvalue weighted by atomic mass is 19.4. The maximum atomic E-state index is 12.5. The highest BCUT2D eigenvalue weighted by Gasteiger charge is 2.33. The van der Waals surface area contributed by atoms with Gasteiger partial charge < -0.3 is 9.72 Å².